The van der Waals surface area contributed by atoms with Crippen molar-refractivity contribution in [2.75, 3.05) is 7.11 Å². The van der Waals surface area contributed by atoms with E-state index in [2.05, 4.69) is 10.3 Å². The molecule has 2 N–H and O–H groups in total. The van der Waals surface area contributed by atoms with Crippen molar-refractivity contribution < 1.29 is 38.0 Å². The molecule has 2 aromatic carbocycles. The van der Waals surface area contributed by atoms with Crippen LogP contribution in [0.3, 0.4) is 0 Å². The number of halogens is 1. The second-order valence-electron chi connectivity index (χ2n) is 9.06. The predicted octanol–water partition coefficient (Wildman–Crippen LogP) is 4.31. The van der Waals surface area contributed by atoms with Crippen molar-refractivity contribution in [3.8, 4) is 11.6 Å². The van der Waals surface area contributed by atoms with Crippen molar-refractivity contribution in [1.82, 2.24) is 10.3 Å². The molecule has 0 spiro atoms. The van der Waals surface area contributed by atoms with Crippen molar-refractivity contribution in [1.29, 1.82) is 0 Å². The Morgan fingerprint density at radius 1 is 1.16 bits per heavy atom. The van der Waals surface area contributed by atoms with Crippen LogP contribution in [0.2, 0.25) is 0 Å². The standard InChI is InChI=1S/C28H27FN2O7/c1-28(2,27(33)34)19-10-9-18(22(12-19)35-3)14-30-25(32)21-13-20(29)15-31-26(21)38-24-16-36-23(37-24)11-17-7-5-4-6-8-17/h4-10,12-13,15-16,23H,11,14H2,1-3H3,(H,30,32)(H,33,34). The van der Waals surface area contributed by atoms with Crippen LogP contribution in [0.5, 0.6) is 11.6 Å². The molecule has 0 saturated carbocycles. The average molecular weight is 523 g/mol. The highest BCUT2D eigenvalue weighted by atomic mass is 19.1. The first-order valence-corrected chi connectivity index (χ1v) is 11.8. The number of nitrogens with zero attached hydrogens (tertiary/aromatic N) is 1. The number of hydrogen-bond donors (Lipinski definition) is 2. The maximum Gasteiger partial charge on any atom is 0.325 e. The molecule has 4 rings (SSSR count). The topological polar surface area (TPSA) is 116 Å². The van der Waals surface area contributed by atoms with E-state index in [9.17, 15) is 19.1 Å². The number of amides is 1. The number of pyridine rings is 1. The lowest BCUT2D eigenvalue weighted by molar-refractivity contribution is -0.142. The van der Waals surface area contributed by atoms with E-state index in [0.717, 1.165) is 17.8 Å². The van der Waals surface area contributed by atoms with E-state index < -0.39 is 29.4 Å². The minimum atomic E-state index is -1.13. The van der Waals surface area contributed by atoms with Crippen LogP contribution in [0.4, 0.5) is 4.39 Å². The number of rotatable bonds is 10. The maximum absolute atomic E-state index is 14.0. The average Bonchev–Trinajstić information content (AvgIpc) is 3.35. The van der Waals surface area contributed by atoms with E-state index in [1.54, 1.807) is 32.0 Å². The van der Waals surface area contributed by atoms with E-state index in [1.165, 1.54) is 13.4 Å². The first kappa shape index (κ1) is 26.5. The van der Waals surface area contributed by atoms with Gasteiger partial charge in [0.25, 0.3) is 5.91 Å². The molecule has 1 aliphatic rings. The molecule has 1 atom stereocenters. The van der Waals surface area contributed by atoms with Crippen LogP contribution in [0.15, 0.2) is 73.0 Å². The second-order valence-corrected chi connectivity index (χ2v) is 9.06. The number of ether oxygens (including phenoxy) is 4. The molecule has 1 amide bonds. The Balaban J connectivity index is 1.43. The minimum Gasteiger partial charge on any atom is -0.496 e. The molecular formula is C28H27FN2O7. The number of hydrogen-bond acceptors (Lipinski definition) is 7. The third-order valence-electron chi connectivity index (χ3n) is 6.05. The number of carboxylic acid groups (broad SMARTS) is 1. The van der Waals surface area contributed by atoms with Crippen molar-refractivity contribution in [3.05, 3.63) is 101 Å². The van der Waals surface area contributed by atoms with Gasteiger partial charge in [-0.2, -0.15) is 0 Å². The van der Waals surface area contributed by atoms with E-state index in [0.29, 0.717) is 23.3 Å². The van der Waals surface area contributed by atoms with E-state index in [-0.39, 0.29) is 23.9 Å². The van der Waals surface area contributed by atoms with Gasteiger partial charge in [-0.15, -0.1) is 0 Å². The van der Waals surface area contributed by atoms with Gasteiger partial charge >= 0.3 is 11.9 Å². The van der Waals surface area contributed by atoms with Crippen molar-refractivity contribution >= 4 is 11.9 Å². The van der Waals surface area contributed by atoms with Gasteiger partial charge < -0.3 is 29.4 Å². The van der Waals surface area contributed by atoms with Gasteiger partial charge in [-0.3, -0.25) is 9.59 Å². The number of benzene rings is 2. The molecule has 3 aromatic rings. The summed E-state index contributed by atoms with van der Waals surface area (Å²) in [7, 11) is 1.45. The first-order valence-electron chi connectivity index (χ1n) is 11.8. The van der Waals surface area contributed by atoms with Crippen LogP contribution in [0.1, 0.15) is 40.9 Å². The molecule has 10 heteroatoms. The fourth-order valence-corrected chi connectivity index (χ4v) is 3.70. The predicted molar refractivity (Wildman–Crippen MR) is 134 cm³/mol. The van der Waals surface area contributed by atoms with Gasteiger partial charge in [0, 0.05) is 18.5 Å². The zero-order valence-electron chi connectivity index (χ0n) is 21.1. The number of carbonyl (C=O) groups excluding carboxylic acids is 1. The highest BCUT2D eigenvalue weighted by Gasteiger charge is 2.30. The zero-order valence-corrected chi connectivity index (χ0v) is 21.1. The number of nitrogens with one attached hydrogen (secondary N) is 1. The number of carboxylic acids is 1. The summed E-state index contributed by atoms with van der Waals surface area (Å²) in [5.41, 5.74) is 0.858. The van der Waals surface area contributed by atoms with Crippen molar-refractivity contribution in [2.45, 2.75) is 38.5 Å². The molecule has 9 nitrogen and oxygen atoms in total. The highest BCUT2D eigenvalue weighted by molar-refractivity contribution is 5.96. The number of carbonyl (C=O) groups is 2. The number of aromatic nitrogens is 1. The Morgan fingerprint density at radius 2 is 1.92 bits per heavy atom. The summed E-state index contributed by atoms with van der Waals surface area (Å²) < 4.78 is 36.1. The van der Waals surface area contributed by atoms with Crippen molar-refractivity contribution in [2.24, 2.45) is 0 Å². The smallest absolute Gasteiger partial charge is 0.325 e. The normalized spacial score (nSPS) is 14.6. The van der Waals surface area contributed by atoms with Gasteiger partial charge in [-0.1, -0.05) is 42.5 Å². The van der Waals surface area contributed by atoms with Crippen LogP contribution in [0, 0.1) is 5.82 Å². The lowest BCUT2D eigenvalue weighted by Crippen LogP contribution is -2.28. The molecule has 1 aliphatic heterocycles. The Hall–Kier alpha value is -4.60. The Bertz CT molecular complexity index is 1360. The van der Waals surface area contributed by atoms with Gasteiger partial charge in [-0.05, 0) is 37.1 Å². The summed E-state index contributed by atoms with van der Waals surface area (Å²) in [6.45, 7) is 3.19. The second kappa shape index (κ2) is 11.2. The third kappa shape index (κ3) is 6.03. The molecule has 2 heterocycles. The molecule has 0 fully saturated rings. The Morgan fingerprint density at radius 3 is 2.63 bits per heavy atom. The third-order valence-corrected chi connectivity index (χ3v) is 6.05. The molecule has 38 heavy (non-hydrogen) atoms. The first-order chi connectivity index (χ1) is 18.2. The lowest BCUT2D eigenvalue weighted by Gasteiger charge is -2.21. The summed E-state index contributed by atoms with van der Waals surface area (Å²) in [5, 5.41) is 12.2. The van der Waals surface area contributed by atoms with E-state index in [4.69, 9.17) is 18.9 Å². The summed E-state index contributed by atoms with van der Waals surface area (Å²) >= 11 is 0. The summed E-state index contributed by atoms with van der Waals surface area (Å²) in [5.74, 6) is -2.13. The molecule has 1 aromatic heterocycles. The number of aliphatic carboxylic acids is 1. The summed E-state index contributed by atoms with van der Waals surface area (Å²) in [6.07, 6.45) is 2.05. The fourth-order valence-electron chi connectivity index (χ4n) is 3.70. The lowest BCUT2D eigenvalue weighted by atomic mass is 9.84. The molecule has 198 valence electrons. The van der Waals surface area contributed by atoms with Gasteiger partial charge in [0.1, 0.15) is 17.1 Å². The van der Waals surface area contributed by atoms with Crippen LogP contribution in [-0.4, -0.2) is 35.4 Å². The molecule has 0 bridgehead atoms. The summed E-state index contributed by atoms with van der Waals surface area (Å²) in [6, 6.07) is 15.5. The van der Waals surface area contributed by atoms with E-state index in [1.807, 2.05) is 30.3 Å². The minimum absolute atomic E-state index is 0.0163. The SMILES string of the molecule is COc1cc(C(C)(C)C(=O)O)ccc1CNC(=O)c1cc(F)cnc1OC1=COC(Cc2ccccc2)O1. The molecule has 0 saturated heterocycles. The van der Waals surface area contributed by atoms with Crippen LogP contribution in [0.25, 0.3) is 0 Å². The highest BCUT2D eigenvalue weighted by Crippen LogP contribution is 2.30. The van der Waals surface area contributed by atoms with Crippen molar-refractivity contribution in [3.63, 3.8) is 0 Å². The largest absolute Gasteiger partial charge is 0.496 e. The zero-order chi connectivity index (χ0) is 27.3. The van der Waals surface area contributed by atoms with Gasteiger partial charge in [-0.25, -0.2) is 9.37 Å². The Kier molecular flexibility index (Phi) is 7.80. The quantitative estimate of drug-likeness (QED) is 0.405. The molecule has 0 radical (unpaired) electrons. The van der Waals surface area contributed by atoms with E-state index >= 15 is 0 Å². The van der Waals surface area contributed by atoms with Gasteiger partial charge in [0.15, 0.2) is 6.26 Å². The van der Waals surface area contributed by atoms with Gasteiger partial charge in [0.05, 0.1) is 18.7 Å². The molecule has 1 unspecified atom stereocenters. The molecular weight excluding hydrogens is 495 g/mol. The fraction of sp³-hybridized carbons (Fsp3) is 0.250. The van der Waals surface area contributed by atoms with Crippen LogP contribution in [-0.2, 0) is 32.6 Å². The molecule has 0 aliphatic carbocycles. The Labute approximate surface area is 218 Å². The van der Waals surface area contributed by atoms with Crippen LogP contribution < -0.4 is 14.8 Å². The maximum atomic E-state index is 14.0. The number of methoxy groups -OCH3 is 1. The summed E-state index contributed by atoms with van der Waals surface area (Å²) in [4.78, 5) is 28.5. The van der Waals surface area contributed by atoms with Gasteiger partial charge in [0.2, 0.25) is 12.2 Å². The monoisotopic (exact) mass is 522 g/mol. The van der Waals surface area contributed by atoms with Crippen LogP contribution >= 0.6 is 0 Å².